The number of aryl methyl sites for hydroxylation is 2. The molecule has 1 N–H and O–H groups in total. The molecule has 0 radical (unpaired) electrons. The summed E-state index contributed by atoms with van der Waals surface area (Å²) < 4.78 is 5.68. The first-order chi connectivity index (χ1) is 10.1. The molecule has 0 heterocycles. The van der Waals surface area contributed by atoms with E-state index in [1.807, 2.05) is 17.0 Å². The molecule has 1 rings (SSSR count). The molecule has 0 aliphatic carbocycles. The number of hydrogen-bond donors (Lipinski definition) is 1. The number of hydrogen-bond acceptors (Lipinski definition) is 2. The van der Waals surface area contributed by atoms with Crippen molar-refractivity contribution in [2.24, 2.45) is 0 Å². The monoisotopic (exact) mass is 292 g/mol. The van der Waals surface area contributed by atoms with Crippen molar-refractivity contribution in [3.8, 4) is 5.75 Å². The Bertz CT molecular complexity index is 420. The standard InChI is InChI=1S/C17H28N2O2/c1-5-8-19(9-6-2)17(20)18-7-10-21-16-12-14(3)11-15(4)13-16/h11-13H,5-10H2,1-4H3,(H,18,20). The number of benzene rings is 1. The lowest BCUT2D eigenvalue weighted by Gasteiger charge is -2.21. The molecule has 0 atom stereocenters. The highest BCUT2D eigenvalue weighted by atomic mass is 16.5. The Kier molecular flexibility index (Phi) is 7.65. The van der Waals surface area contributed by atoms with Gasteiger partial charge in [-0.2, -0.15) is 0 Å². The quantitative estimate of drug-likeness (QED) is 0.745. The van der Waals surface area contributed by atoms with Crippen LogP contribution in [0.2, 0.25) is 0 Å². The summed E-state index contributed by atoms with van der Waals surface area (Å²) >= 11 is 0. The highest BCUT2D eigenvalue weighted by Gasteiger charge is 2.10. The average Bonchev–Trinajstić information content (AvgIpc) is 2.42. The first-order valence-corrected chi connectivity index (χ1v) is 7.80. The van der Waals surface area contributed by atoms with Crippen molar-refractivity contribution in [2.75, 3.05) is 26.2 Å². The van der Waals surface area contributed by atoms with Gasteiger partial charge in [0.1, 0.15) is 12.4 Å². The number of carbonyl (C=O) groups is 1. The first kappa shape index (κ1) is 17.3. The van der Waals surface area contributed by atoms with Gasteiger partial charge in [0.2, 0.25) is 0 Å². The topological polar surface area (TPSA) is 41.6 Å². The molecule has 0 spiro atoms. The lowest BCUT2D eigenvalue weighted by Crippen LogP contribution is -2.42. The highest BCUT2D eigenvalue weighted by molar-refractivity contribution is 5.74. The maximum Gasteiger partial charge on any atom is 0.317 e. The van der Waals surface area contributed by atoms with Gasteiger partial charge >= 0.3 is 6.03 Å². The second-order valence-corrected chi connectivity index (χ2v) is 5.39. The molecular weight excluding hydrogens is 264 g/mol. The molecule has 0 aromatic heterocycles. The molecule has 0 saturated heterocycles. The summed E-state index contributed by atoms with van der Waals surface area (Å²) in [5.41, 5.74) is 2.37. The fourth-order valence-corrected chi connectivity index (χ4v) is 2.31. The summed E-state index contributed by atoms with van der Waals surface area (Å²) in [6, 6.07) is 6.13. The largest absolute Gasteiger partial charge is 0.492 e. The van der Waals surface area contributed by atoms with Crippen molar-refractivity contribution < 1.29 is 9.53 Å². The second kappa shape index (κ2) is 9.27. The van der Waals surface area contributed by atoms with Crippen LogP contribution in [0.5, 0.6) is 5.75 Å². The van der Waals surface area contributed by atoms with E-state index in [1.165, 1.54) is 11.1 Å². The Morgan fingerprint density at radius 2 is 1.67 bits per heavy atom. The van der Waals surface area contributed by atoms with Crippen LogP contribution in [0, 0.1) is 13.8 Å². The highest BCUT2D eigenvalue weighted by Crippen LogP contribution is 2.15. The zero-order valence-corrected chi connectivity index (χ0v) is 13.7. The molecule has 2 amide bonds. The molecule has 0 saturated carbocycles. The molecule has 0 aliphatic heterocycles. The van der Waals surface area contributed by atoms with Crippen LogP contribution in [0.25, 0.3) is 0 Å². The maximum absolute atomic E-state index is 12.0. The van der Waals surface area contributed by atoms with Crippen molar-refractivity contribution in [3.05, 3.63) is 29.3 Å². The predicted molar refractivity (Wildman–Crippen MR) is 87.0 cm³/mol. The Morgan fingerprint density at radius 3 is 2.19 bits per heavy atom. The van der Waals surface area contributed by atoms with Crippen LogP contribution < -0.4 is 10.1 Å². The second-order valence-electron chi connectivity index (χ2n) is 5.39. The van der Waals surface area contributed by atoms with Crippen molar-refractivity contribution in [3.63, 3.8) is 0 Å². The number of nitrogens with one attached hydrogen (secondary N) is 1. The van der Waals surface area contributed by atoms with E-state index in [2.05, 4.69) is 39.1 Å². The third-order valence-corrected chi connectivity index (χ3v) is 3.12. The first-order valence-electron chi connectivity index (χ1n) is 7.80. The molecule has 1 aromatic carbocycles. The zero-order valence-electron chi connectivity index (χ0n) is 13.7. The van der Waals surface area contributed by atoms with E-state index in [0.717, 1.165) is 31.7 Å². The molecular formula is C17H28N2O2. The smallest absolute Gasteiger partial charge is 0.317 e. The van der Waals surface area contributed by atoms with Crippen LogP contribution in [0.3, 0.4) is 0 Å². The Balaban J connectivity index is 2.33. The summed E-state index contributed by atoms with van der Waals surface area (Å²) in [5, 5.41) is 2.91. The minimum absolute atomic E-state index is 0.00252. The van der Waals surface area contributed by atoms with Crippen LogP contribution in [0.4, 0.5) is 4.79 Å². The van der Waals surface area contributed by atoms with Gasteiger partial charge < -0.3 is 15.0 Å². The summed E-state index contributed by atoms with van der Waals surface area (Å²) in [6.07, 6.45) is 1.96. The SMILES string of the molecule is CCCN(CCC)C(=O)NCCOc1cc(C)cc(C)c1. The zero-order chi connectivity index (χ0) is 15.7. The van der Waals surface area contributed by atoms with Gasteiger partial charge in [-0.15, -0.1) is 0 Å². The minimum atomic E-state index is 0.00252. The molecule has 0 unspecified atom stereocenters. The van der Waals surface area contributed by atoms with Crippen molar-refractivity contribution >= 4 is 6.03 Å². The van der Waals surface area contributed by atoms with Gasteiger partial charge in [-0.1, -0.05) is 19.9 Å². The van der Waals surface area contributed by atoms with Crippen LogP contribution in [0.15, 0.2) is 18.2 Å². The fraction of sp³-hybridized carbons (Fsp3) is 0.588. The maximum atomic E-state index is 12.0. The Labute approximate surface area is 128 Å². The fourth-order valence-electron chi connectivity index (χ4n) is 2.31. The third kappa shape index (κ3) is 6.52. The van der Waals surface area contributed by atoms with Crippen LogP contribution in [-0.4, -0.2) is 37.2 Å². The summed E-state index contributed by atoms with van der Waals surface area (Å²) in [7, 11) is 0. The normalized spacial score (nSPS) is 10.3. The summed E-state index contributed by atoms with van der Waals surface area (Å²) in [5.74, 6) is 0.862. The van der Waals surface area contributed by atoms with Crippen molar-refractivity contribution in [1.29, 1.82) is 0 Å². The molecule has 118 valence electrons. The van der Waals surface area contributed by atoms with Gasteiger partial charge in [0.05, 0.1) is 6.54 Å². The number of amides is 2. The molecule has 4 nitrogen and oxygen atoms in total. The number of carbonyl (C=O) groups excluding carboxylic acids is 1. The molecule has 1 aromatic rings. The number of nitrogens with zero attached hydrogens (tertiary/aromatic N) is 1. The van der Waals surface area contributed by atoms with E-state index in [-0.39, 0.29) is 6.03 Å². The van der Waals surface area contributed by atoms with E-state index < -0.39 is 0 Å². The van der Waals surface area contributed by atoms with Crippen molar-refractivity contribution in [1.82, 2.24) is 10.2 Å². The predicted octanol–water partition coefficient (Wildman–Crippen LogP) is 3.51. The van der Waals surface area contributed by atoms with Crippen LogP contribution in [0.1, 0.15) is 37.8 Å². The van der Waals surface area contributed by atoms with Crippen LogP contribution in [-0.2, 0) is 0 Å². The van der Waals surface area contributed by atoms with Gasteiger partial charge in [-0.3, -0.25) is 0 Å². The van der Waals surface area contributed by atoms with E-state index >= 15 is 0 Å². The summed E-state index contributed by atoms with van der Waals surface area (Å²) in [6.45, 7) is 10.9. The Hall–Kier alpha value is -1.71. The average molecular weight is 292 g/mol. The van der Waals surface area contributed by atoms with Gasteiger partial charge in [0.15, 0.2) is 0 Å². The molecule has 21 heavy (non-hydrogen) atoms. The number of urea groups is 1. The lowest BCUT2D eigenvalue weighted by atomic mass is 10.1. The van der Waals surface area contributed by atoms with E-state index in [0.29, 0.717) is 13.2 Å². The lowest BCUT2D eigenvalue weighted by molar-refractivity contribution is 0.194. The molecule has 0 fully saturated rings. The van der Waals surface area contributed by atoms with Crippen molar-refractivity contribution in [2.45, 2.75) is 40.5 Å². The minimum Gasteiger partial charge on any atom is -0.492 e. The van der Waals surface area contributed by atoms with E-state index in [4.69, 9.17) is 4.74 Å². The van der Waals surface area contributed by atoms with Gasteiger partial charge in [0.25, 0.3) is 0 Å². The van der Waals surface area contributed by atoms with Gasteiger partial charge in [-0.05, 0) is 49.9 Å². The number of ether oxygens (including phenoxy) is 1. The van der Waals surface area contributed by atoms with E-state index in [1.54, 1.807) is 0 Å². The summed E-state index contributed by atoms with van der Waals surface area (Å²) in [4.78, 5) is 13.9. The van der Waals surface area contributed by atoms with Gasteiger partial charge in [0, 0.05) is 13.1 Å². The molecule has 4 heteroatoms. The number of rotatable bonds is 8. The third-order valence-electron chi connectivity index (χ3n) is 3.12. The van der Waals surface area contributed by atoms with Crippen LogP contribution >= 0.6 is 0 Å². The Morgan fingerprint density at radius 1 is 1.10 bits per heavy atom. The van der Waals surface area contributed by atoms with E-state index in [9.17, 15) is 4.79 Å². The molecule has 0 aliphatic rings. The van der Waals surface area contributed by atoms with Gasteiger partial charge in [-0.25, -0.2) is 4.79 Å². The molecule has 0 bridgehead atoms.